The first-order valence-corrected chi connectivity index (χ1v) is 6.72. The Balaban J connectivity index is 0.000000192. The molecule has 0 saturated carbocycles. The molecule has 0 aliphatic heterocycles. The number of rotatable bonds is 4. The van der Waals surface area contributed by atoms with E-state index < -0.39 is 0 Å². The fourth-order valence-corrected chi connectivity index (χ4v) is 1.79. The number of allylic oxidation sites excluding steroid dienone is 2. The SMILES string of the molecule is CC=CCCCN(C)C.Nc1cc2ccccc2[nH]1. The summed E-state index contributed by atoms with van der Waals surface area (Å²) in [5.74, 6) is 0.723. The van der Waals surface area contributed by atoms with Crippen molar-refractivity contribution in [3.8, 4) is 0 Å². The third-order valence-electron chi connectivity index (χ3n) is 2.76. The maximum Gasteiger partial charge on any atom is 0.101 e. The Morgan fingerprint density at radius 2 is 2.00 bits per heavy atom. The highest BCUT2D eigenvalue weighted by molar-refractivity contribution is 5.82. The lowest BCUT2D eigenvalue weighted by atomic mass is 10.3. The van der Waals surface area contributed by atoms with E-state index in [9.17, 15) is 0 Å². The zero-order valence-corrected chi connectivity index (χ0v) is 12.2. The predicted octanol–water partition coefficient (Wildman–Crippen LogP) is 3.65. The van der Waals surface area contributed by atoms with E-state index in [1.807, 2.05) is 30.3 Å². The van der Waals surface area contributed by atoms with Crippen LogP contribution in [0.5, 0.6) is 0 Å². The summed E-state index contributed by atoms with van der Waals surface area (Å²) in [6.07, 6.45) is 6.81. The van der Waals surface area contributed by atoms with E-state index in [0.717, 1.165) is 11.3 Å². The monoisotopic (exact) mass is 259 g/mol. The molecule has 3 N–H and O–H groups in total. The van der Waals surface area contributed by atoms with Gasteiger partial charge in [0.05, 0.1) is 0 Å². The highest BCUT2D eigenvalue weighted by atomic mass is 15.0. The number of nitrogens with zero attached hydrogens (tertiary/aromatic N) is 1. The Kier molecular flexibility index (Phi) is 6.75. The van der Waals surface area contributed by atoms with Crippen molar-refractivity contribution in [2.24, 2.45) is 0 Å². The minimum absolute atomic E-state index is 0.723. The van der Waals surface area contributed by atoms with Crippen LogP contribution in [-0.2, 0) is 0 Å². The fourth-order valence-electron chi connectivity index (χ4n) is 1.79. The average molecular weight is 259 g/mol. The molecular weight excluding hydrogens is 234 g/mol. The molecule has 0 saturated heterocycles. The van der Waals surface area contributed by atoms with Gasteiger partial charge in [-0.15, -0.1) is 0 Å². The van der Waals surface area contributed by atoms with E-state index in [1.165, 1.54) is 24.8 Å². The number of anilines is 1. The van der Waals surface area contributed by atoms with Crippen molar-refractivity contribution >= 4 is 16.7 Å². The number of fused-ring (bicyclic) bond motifs is 1. The molecule has 0 aliphatic carbocycles. The summed E-state index contributed by atoms with van der Waals surface area (Å²) in [7, 11) is 4.21. The van der Waals surface area contributed by atoms with Crippen LogP contribution in [0.1, 0.15) is 19.8 Å². The van der Waals surface area contributed by atoms with Crippen molar-refractivity contribution in [2.75, 3.05) is 26.4 Å². The number of nitrogens with one attached hydrogen (secondary N) is 1. The molecule has 0 radical (unpaired) electrons. The molecule has 2 aromatic rings. The van der Waals surface area contributed by atoms with Crippen molar-refractivity contribution < 1.29 is 0 Å². The number of hydrogen-bond donors (Lipinski definition) is 2. The van der Waals surface area contributed by atoms with Crippen LogP contribution < -0.4 is 5.73 Å². The molecule has 1 aromatic carbocycles. The Labute approximate surface area is 116 Å². The van der Waals surface area contributed by atoms with Gasteiger partial charge in [-0.3, -0.25) is 0 Å². The minimum Gasteiger partial charge on any atom is -0.385 e. The maximum atomic E-state index is 5.54. The minimum atomic E-state index is 0.723. The number of nitrogen functional groups attached to an aromatic ring is 1. The van der Waals surface area contributed by atoms with Gasteiger partial charge < -0.3 is 15.6 Å². The molecule has 0 atom stereocenters. The Morgan fingerprint density at radius 1 is 1.26 bits per heavy atom. The zero-order valence-electron chi connectivity index (χ0n) is 12.2. The van der Waals surface area contributed by atoms with E-state index >= 15 is 0 Å². The fraction of sp³-hybridized carbons (Fsp3) is 0.375. The molecule has 0 spiro atoms. The average Bonchev–Trinajstić information content (AvgIpc) is 2.75. The molecule has 3 nitrogen and oxygen atoms in total. The van der Waals surface area contributed by atoms with E-state index in [2.05, 4.69) is 43.1 Å². The molecule has 1 aromatic heterocycles. The third-order valence-corrected chi connectivity index (χ3v) is 2.76. The molecule has 19 heavy (non-hydrogen) atoms. The first-order valence-electron chi connectivity index (χ1n) is 6.72. The van der Waals surface area contributed by atoms with E-state index in [1.54, 1.807) is 0 Å². The lowest BCUT2D eigenvalue weighted by Gasteiger charge is -2.06. The molecule has 0 fully saturated rings. The second-order valence-electron chi connectivity index (χ2n) is 4.83. The van der Waals surface area contributed by atoms with Crippen LogP contribution >= 0.6 is 0 Å². The molecule has 2 rings (SSSR count). The Hall–Kier alpha value is -1.74. The normalized spacial score (nSPS) is 10.9. The highest BCUT2D eigenvalue weighted by Crippen LogP contribution is 2.14. The topological polar surface area (TPSA) is 45.0 Å². The molecular formula is C16H25N3. The summed E-state index contributed by atoms with van der Waals surface area (Å²) in [5, 5.41) is 1.17. The van der Waals surface area contributed by atoms with Gasteiger partial charge in [-0.05, 0) is 52.5 Å². The largest absolute Gasteiger partial charge is 0.385 e. The molecule has 3 heteroatoms. The van der Waals surface area contributed by atoms with Crippen LogP contribution in [0, 0.1) is 0 Å². The van der Waals surface area contributed by atoms with Crippen molar-refractivity contribution in [1.29, 1.82) is 0 Å². The second kappa shape index (κ2) is 8.38. The van der Waals surface area contributed by atoms with Crippen LogP contribution in [-0.4, -0.2) is 30.5 Å². The van der Waals surface area contributed by atoms with Crippen LogP contribution in [0.2, 0.25) is 0 Å². The molecule has 0 unspecified atom stereocenters. The van der Waals surface area contributed by atoms with Gasteiger partial charge in [0, 0.05) is 10.9 Å². The van der Waals surface area contributed by atoms with Gasteiger partial charge >= 0.3 is 0 Å². The van der Waals surface area contributed by atoms with E-state index in [0.29, 0.717) is 0 Å². The second-order valence-corrected chi connectivity index (χ2v) is 4.83. The van der Waals surface area contributed by atoms with Gasteiger partial charge in [0.1, 0.15) is 5.82 Å². The number of unbranched alkanes of at least 4 members (excludes halogenated alkanes) is 1. The summed E-state index contributed by atoms with van der Waals surface area (Å²) >= 11 is 0. The van der Waals surface area contributed by atoms with E-state index in [4.69, 9.17) is 5.73 Å². The summed E-state index contributed by atoms with van der Waals surface area (Å²) in [4.78, 5) is 5.25. The van der Waals surface area contributed by atoms with Gasteiger partial charge in [-0.1, -0.05) is 30.4 Å². The number of nitrogens with two attached hydrogens (primary N) is 1. The molecule has 0 bridgehead atoms. The number of aromatic nitrogens is 1. The van der Waals surface area contributed by atoms with Crippen LogP contribution in [0.4, 0.5) is 5.82 Å². The van der Waals surface area contributed by atoms with Crippen LogP contribution in [0.25, 0.3) is 10.9 Å². The first-order chi connectivity index (χ1) is 9.13. The van der Waals surface area contributed by atoms with Gasteiger partial charge in [0.2, 0.25) is 0 Å². The van der Waals surface area contributed by atoms with E-state index in [-0.39, 0.29) is 0 Å². The predicted molar refractivity (Wildman–Crippen MR) is 85.3 cm³/mol. The zero-order chi connectivity index (χ0) is 14.1. The Morgan fingerprint density at radius 3 is 2.63 bits per heavy atom. The summed E-state index contributed by atoms with van der Waals surface area (Å²) in [6.45, 7) is 3.26. The van der Waals surface area contributed by atoms with Crippen LogP contribution in [0.15, 0.2) is 42.5 Å². The summed E-state index contributed by atoms with van der Waals surface area (Å²) in [5.41, 5.74) is 6.63. The third kappa shape index (κ3) is 6.11. The lowest BCUT2D eigenvalue weighted by molar-refractivity contribution is 0.402. The smallest absolute Gasteiger partial charge is 0.101 e. The number of aromatic amines is 1. The highest BCUT2D eigenvalue weighted by Gasteiger charge is 1.92. The van der Waals surface area contributed by atoms with Gasteiger partial charge in [-0.25, -0.2) is 0 Å². The molecule has 0 amide bonds. The molecule has 0 aliphatic rings. The quantitative estimate of drug-likeness (QED) is 0.650. The van der Waals surface area contributed by atoms with Gasteiger partial charge in [-0.2, -0.15) is 0 Å². The standard InChI is InChI=1S/C8H8N2.C8H17N/c9-8-5-6-3-1-2-4-7(6)10-8;1-4-5-6-7-8-9(2)3/h1-5,10H,9H2;4-5H,6-8H2,1-3H3. The Bertz CT molecular complexity index is 464. The van der Waals surface area contributed by atoms with Crippen molar-refractivity contribution in [3.63, 3.8) is 0 Å². The van der Waals surface area contributed by atoms with Gasteiger partial charge in [0.25, 0.3) is 0 Å². The summed E-state index contributed by atoms with van der Waals surface area (Å²) < 4.78 is 0. The maximum absolute atomic E-state index is 5.54. The van der Waals surface area contributed by atoms with Crippen molar-refractivity contribution in [2.45, 2.75) is 19.8 Å². The van der Waals surface area contributed by atoms with Crippen molar-refractivity contribution in [1.82, 2.24) is 9.88 Å². The number of para-hydroxylation sites is 1. The number of H-pyrrole nitrogens is 1. The van der Waals surface area contributed by atoms with Crippen LogP contribution in [0.3, 0.4) is 0 Å². The number of hydrogen-bond acceptors (Lipinski definition) is 2. The lowest BCUT2D eigenvalue weighted by Crippen LogP contribution is -2.12. The summed E-state index contributed by atoms with van der Waals surface area (Å²) in [6, 6.07) is 9.94. The molecule has 104 valence electrons. The van der Waals surface area contributed by atoms with Gasteiger partial charge in [0.15, 0.2) is 0 Å². The molecule has 1 heterocycles. The first kappa shape index (κ1) is 15.3. The van der Waals surface area contributed by atoms with Crippen molar-refractivity contribution in [3.05, 3.63) is 42.5 Å². The number of benzene rings is 1.